The van der Waals surface area contributed by atoms with E-state index in [0.717, 1.165) is 29.9 Å². The van der Waals surface area contributed by atoms with Crippen LogP contribution >= 0.6 is 0 Å². The Balaban J connectivity index is 1.90. The Bertz CT molecular complexity index is 804. The van der Waals surface area contributed by atoms with Crippen LogP contribution in [0.3, 0.4) is 0 Å². The van der Waals surface area contributed by atoms with Crippen molar-refractivity contribution >= 4 is 21.6 Å². The lowest BCUT2D eigenvalue weighted by atomic mass is 10.3. The number of carbonyl (C=O) groups excluding carboxylic acids is 1. The average molecular weight is 394 g/mol. The number of sulfonamides is 1. The Morgan fingerprint density at radius 2 is 2.04 bits per heavy atom. The van der Waals surface area contributed by atoms with Crippen LogP contribution in [0.25, 0.3) is 0 Å². The second kappa shape index (κ2) is 9.96. The van der Waals surface area contributed by atoms with E-state index in [4.69, 9.17) is 4.74 Å². The number of ether oxygens (including phenoxy) is 1. The van der Waals surface area contributed by atoms with Gasteiger partial charge in [-0.25, -0.2) is 13.4 Å². The van der Waals surface area contributed by atoms with Gasteiger partial charge >= 0.3 is 0 Å². The van der Waals surface area contributed by atoms with Gasteiger partial charge in [-0.1, -0.05) is 6.92 Å². The van der Waals surface area contributed by atoms with Gasteiger partial charge in [-0.15, -0.1) is 0 Å². The van der Waals surface area contributed by atoms with E-state index in [-0.39, 0.29) is 12.5 Å². The minimum atomic E-state index is -3.59. The number of hydrogen-bond acceptors (Lipinski definition) is 5. The molecule has 0 radical (unpaired) electrons. The van der Waals surface area contributed by atoms with Crippen LogP contribution in [0.15, 0.2) is 43.0 Å². The van der Waals surface area contributed by atoms with Crippen molar-refractivity contribution in [3.63, 3.8) is 0 Å². The van der Waals surface area contributed by atoms with Gasteiger partial charge in [0, 0.05) is 25.5 Å². The zero-order valence-corrected chi connectivity index (χ0v) is 16.5. The van der Waals surface area contributed by atoms with Crippen LogP contribution in [0.2, 0.25) is 0 Å². The molecule has 1 amide bonds. The number of amides is 1. The lowest BCUT2D eigenvalue weighted by Crippen LogP contribution is -2.40. The van der Waals surface area contributed by atoms with Crippen molar-refractivity contribution in [2.24, 2.45) is 0 Å². The summed E-state index contributed by atoms with van der Waals surface area (Å²) < 4.78 is 32.7. The fourth-order valence-corrected chi connectivity index (χ4v) is 3.28. The van der Waals surface area contributed by atoms with Crippen molar-refractivity contribution in [1.82, 2.24) is 14.9 Å². The van der Waals surface area contributed by atoms with E-state index in [1.165, 1.54) is 0 Å². The summed E-state index contributed by atoms with van der Waals surface area (Å²) >= 11 is 0. The largest absolute Gasteiger partial charge is 0.494 e. The minimum Gasteiger partial charge on any atom is -0.494 e. The van der Waals surface area contributed by atoms with Crippen LogP contribution in [0, 0.1) is 0 Å². The summed E-state index contributed by atoms with van der Waals surface area (Å²) in [5.74, 6) is 0.315. The molecule has 1 heterocycles. The highest BCUT2D eigenvalue weighted by atomic mass is 32.2. The van der Waals surface area contributed by atoms with Crippen LogP contribution in [-0.4, -0.2) is 49.8 Å². The number of hydrogen-bond donors (Lipinski definition) is 1. The van der Waals surface area contributed by atoms with E-state index in [9.17, 15) is 13.2 Å². The monoisotopic (exact) mass is 394 g/mol. The van der Waals surface area contributed by atoms with Crippen molar-refractivity contribution in [3.05, 3.63) is 43.0 Å². The molecule has 27 heavy (non-hydrogen) atoms. The van der Waals surface area contributed by atoms with Gasteiger partial charge in [0.25, 0.3) is 0 Å². The molecule has 2 rings (SSSR count). The highest BCUT2D eigenvalue weighted by molar-refractivity contribution is 7.92. The van der Waals surface area contributed by atoms with Gasteiger partial charge in [0.1, 0.15) is 12.3 Å². The molecule has 0 bridgehead atoms. The Kier molecular flexibility index (Phi) is 7.66. The highest BCUT2D eigenvalue weighted by Gasteiger charge is 2.20. The van der Waals surface area contributed by atoms with Crippen LogP contribution in [0.1, 0.15) is 19.8 Å². The maximum Gasteiger partial charge on any atom is 0.240 e. The third-order valence-electron chi connectivity index (χ3n) is 3.76. The molecule has 0 aliphatic heterocycles. The molecule has 1 aromatic carbocycles. The summed E-state index contributed by atoms with van der Waals surface area (Å²) in [6.45, 7) is 3.52. The first-order valence-corrected chi connectivity index (χ1v) is 10.7. The number of aryl methyl sites for hydroxylation is 1. The smallest absolute Gasteiger partial charge is 0.240 e. The molecule has 0 saturated heterocycles. The highest BCUT2D eigenvalue weighted by Crippen LogP contribution is 2.21. The number of imidazole rings is 1. The Morgan fingerprint density at radius 1 is 1.30 bits per heavy atom. The Morgan fingerprint density at radius 3 is 2.63 bits per heavy atom. The maximum atomic E-state index is 12.2. The first-order chi connectivity index (χ1) is 12.9. The molecule has 0 saturated carbocycles. The van der Waals surface area contributed by atoms with E-state index >= 15 is 0 Å². The lowest BCUT2D eigenvalue weighted by Gasteiger charge is -2.22. The van der Waals surface area contributed by atoms with Gasteiger partial charge in [-0.05, 0) is 37.1 Å². The van der Waals surface area contributed by atoms with Crippen molar-refractivity contribution in [3.8, 4) is 5.75 Å². The summed E-state index contributed by atoms with van der Waals surface area (Å²) in [5, 5.41) is 2.75. The molecule has 0 aliphatic carbocycles. The Labute approximate surface area is 160 Å². The summed E-state index contributed by atoms with van der Waals surface area (Å²) in [6.07, 6.45) is 7.95. The van der Waals surface area contributed by atoms with E-state index in [0.29, 0.717) is 24.6 Å². The van der Waals surface area contributed by atoms with Gasteiger partial charge in [-0.2, -0.15) is 0 Å². The number of nitrogens with zero attached hydrogens (tertiary/aromatic N) is 3. The Hall–Kier alpha value is -2.55. The minimum absolute atomic E-state index is 0.265. The fraction of sp³-hybridized carbons (Fsp3) is 0.444. The summed E-state index contributed by atoms with van der Waals surface area (Å²) in [4.78, 5) is 16.1. The zero-order valence-electron chi connectivity index (χ0n) is 15.7. The molecular weight excluding hydrogens is 368 g/mol. The molecule has 8 nitrogen and oxygen atoms in total. The molecule has 1 N–H and O–H groups in total. The van der Waals surface area contributed by atoms with E-state index in [2.05, 4.69) is 10.3 Å². The number of anilines is 1. The van der Waals surface area contributed by atoms with Crippen LogP contribution in [-0.2, 0) is 21.4 Å². The average Bonchev–Trinajstić information content (AvgIpc) is 3.15. The van der Waals surface area contributed by atoms with Gasteiger partial charge in [-0.3, -0.25) is 9.10 Å². The second-order valence-electron chi connectivity index (χ2n) is 6.12. The quantitative estimate of drug-likeness (QED) is 0.585. The standard InChI is InChI=1S/C18H26N4O4S/c1-3-13-26-17-7-5-16(6-8-17)22(27(2,24)25)14-18(23)20-9-4-11-21-12-10-19-15-21/h5-8,10,12,15H,3-4,9,11,13-14H2,1-2H3,(H,20,23). The van der Waals surface area contributed by atoms with E-state index in [1.54, 1.807) is 36.8 Å². The molecule has 0 spiro atoms. The molecule has 0 fully saturated rings. The first kappa shape index (κ1) is 20.8. The molecule has 1 aromatic heterocycles. The molecule has 0 atom stereocenters. The maximum absolute atomic E-state index is 12.2. The van der Waals surface area contributed by atoms with Gasteiger partial charge in [0.15, 0.2) is 0 Å². The van der Waals surface area contributed by atoms with Gasteiger partial charge in [0.2, 0.25) is 15.9 Å². The number of aromatic nitrogens is 2. The second-order valence-corrected chi connectivity index (χ2v) is 8.02. The number of carbonyl (C=O) groups is 1. The molecule has 9 heteroatoms. The van der Waals surface area contributed by atoms with Crippen molar-refractivity contribution < 1.29 is 17.9 Å². The van der Waals surface area contributed by atoms with Gasteiger partial charge < -0.3 is 14.6 Å². The zero-order chi connectivity index (χ0) is 19.7. The normalized spacial score (nSPS) is 11.2. The molecule has 0 aliphatic rings. The van der Waals surface area contributed by atoms with Crippen molar-refractivity contribution in [2.75, 3.05) is 30.3 Å². The SMILES string of the molecule is CCCOc1ccc(N(CC(=O)NCCCn2ccnc2)S(C)(=O)=O)cc1. The van der Waals surface area contributed by atoms with Gasteiger partial charge in [0.05, 0.1) is 24.9 Å². The lowest BCUT2D eigenvalue weighted by molar-refractivity contribution is -0.119. The number of benzene rings is 1. The third-order valence-corrected chi connectivity index (χ3v) is 4.90. The summed E-state index contributed by atoms with van der Waals surface area (Å²) in [7, 11) is -3.59. The fourth-order valence-electron chi connectivity index (χ4n) is 2.42. The third kappa shape index (κ3) is 6.93. The molecule has 148 valence electrons. The van der Waals surface area contributed by atoms with E-state index < -0.39 is 10.0 Å². The predicted molar refractivity (Wildman–Crippen MR) is 104 cm³/mol. The topological polar surface area (TPSA) is 93.5 Å². The summed E-state index contributed by atoms with van der Waals surface area (Å²) in [5.41, 5.74) is 0.426. The number of nitrogens with one attached hydrogen (secondary N) is 1. The van der Waals surface area contributed by atoms with Crippen molar-refractivity contribution in [1.29, 1.82) is 0 Å². The van der Waals surface area contributed by atoms with E-state index in [1.807, 2.05) is 17.7 Å². The van der Waals surface area contributed by atoms with Crippen LogP contribution in [0.5, 0.6) is 5.75 Å². The van der Waals surface area contributed by atoms with Crippen LogP contribution < -0.4 is 14.4 Å². The van der Waals surface area contributed by atoms with Crippen molar-refractivity contribution in [2.45, 2.75) is 26.3 Å². The predicted octanol–water partition coefficient (Wildman–Crippen LogP) is 1.64. The number of rotatable bonds is 11. The van der Waals surface area contributed by atoms with Crippen LogP contribution in [0.4, 0.5) is 5.69 Å². The molecule has 2 aromatic rings. The summed E-state index contributed by atoms with van der Waals surface area (Å²) in [6, 6.07) is 6.68. The first-order valence-electron chi connectivity index (χ1n) is 8.83. The molecular formula is C18H26N4O4S. The molecule has 0 unspecified atom stereocenters.